The highest BCUT2D eigenvalue weighted by Gasteiger charge is 2.31. The van der Waals surface area contributed by atoms with E-state index in [0.29, 0.717) is 35.9 Å². The molecule has 2 heterocycles. The smallest absolute Gasteiger partial charge is 0.257 e. The molecular weight excluding hydrogens is 470 g/mol. The first-order chi connectivity index (χ1) is 16.4. The number of aromatic nitrogens is 1. The van der Waals surface area contributed by atoms with Crippen LogP contribution in [-0.4, -0.2) is 54.7 Å². The molecular formula is C25H27N3O4S2. The summed E-state index contributed by atoms with van der Waals surface area (Å²) >= 11 is 1.56. The zero-order chi connectivity index (χ0) is 23.7. The Morgan fingerprint density at radius 1 is 1.06 bits per heavy atom. The van der Waals surface area contributed by atoms with Crippen molar-refractivity contribution >= 4 is 27.3 Å². The third-order valence-electron chi connectivity index (χ3n) is 6.39. The van der Waals surface area contributed by atoms with E-state index in [1.807, 2.05) is 36.6 Å². The van der Waals surface area contributed by atoms with Crippen molar-refractivity contribution in [3.05, 3.63) is 75.2 Å². The number of thiazole rings is 1. The van der Waals surface area contributed by atoms with E-state index in [-0.39, 0.29) is 19.0 Å². The van der Waals surface area contributed by atoms with Gasteiger partial charge in [-0.25, -0.2) is 13.4 Å². The van der Waals surface area contributed by atoms with Crippen LogP contribution < -0.4 is 4.74 Å². The summed E-state index contributed by atoms with van der Waals surface area (Å²) in [6.07, 6.45) is 3.03. The van der Waals surface area contributed by atoms with E-state index >= 15 is 0 Å². The van der Waals surface area contributed by atoms with Crippen molar-refractivity contribution in [1.82, 2.24) is 14.2 Å². The highest BCUT2D eigenvalue weighted by molar-refractivity contribution is 7.89. The van der Waals surface area contributed by atoms with Gasteiger partial charge >= 0.3 is 0 Å². The largest absolute Gasteiger partial charge is 0.486 e. The Morgan fingerprint density at radius 2 is 1.82 bits per heavy atom. The monoisotopic (exact) mass is 497 g/mol. The third-order valence-corrected chi connectivity index (χ3v) is 9.11. The molecule has 178 valence electrons. The zero-order valence-electron chi connectivity index (χ0n) is 19.1. The number of amides is 1. The number of carbonyl (C=O) groups is 1. The third kappa shape index (κ3) is 4.60. The first-order valence-corrected chi connectivity index (χ1v) is 13.8. The highest BCUT2D eigenvalue weighted by atomic mass is 32.2. The van der Waals surface area contributed by atoms with Crippen LogP contribution in [0.4, 0.5) is 0 Å². The Labute approximate surface area is 204 Å². The molecule has 1 aliphatic carbocycles. The number of nitrogens with zero attached hydrogens (tertiary/aromatic N) is 3. The molecule has 0 spiro atoms. The van der Waals surface area contributed by atoms with E-state index in [1.54, 1.807) is 34.4 Å². The van der Waals surface area contributed by atoms with Gasteiger partial charge in [-0.2, -0.15) is 4.31 Å². The van der Waals surface area contributed by atoms with Gasteiger partial charge in [0.15, 0.2) is 0 Å². The molecule has 1 aliphatic heterocycles. The lowest BCUT2D eigenvalue weighted by Gasteiger charge is -2.34. The molecule has 3 aromatic rings. The second kappa shape index (κ2) is 9.48. The van der Waals surface area contributed by atoms with Gasteiger partial charge in [-0.1, -0.05) is 18.2 Å². The van der Waals surface area contributed by atoms with E-state index in [1.165, 1.54) is 9.87 Å². The maximum atomic E-state index is 13.3. The summed E-state index contributed by atoms with van der Waals surface area (Å²) in [4.78, 5) is 19.7. The van der Waals surface area contributed by atoms with Crippen molar-refractivity contribution in [2.24, 2.45) is 0 Å². The maximum absolute atomic E-state index is 13.3. The minimum Gasteiger partial charge on any atom is -0.486 e. The Kier molecular flexibility index (Phi) is 6.42. The van der Waals surface area contributed by atoms with Crippen LogP contribution in [0.3, 0.4) is 0 Å². The lowest BCUT2D eigenvalue weighted by atomic mass is 10.1. The molecule has 0 N–H and O–H groups in total. The van der Waals surface area contributed by atoms with Crippen molar-refractivity contribution in [2.75, 3.05) is 26.2 Å². The predicted molar refractivity (Wildman–Crippen MR) is 131 cm³/mol. The van der Waals surface area contributed by atoms with Crippen LogP contribution in [0.2, 0.25) is 0 Å². The molecule has 7 nitrogen and oxygen atoms in total. The number of hydrogen-bond acceptors (Lipinski definition) is 6. The van der Waals surface area contributed by atoms with Crippen molar-refractivity contribution in [3.8, 4) is 5.75 Å². The minimum atomic E-state index is -3.58. The van der Waals surface area contributed by atoms with Crippen LogP contribution in [0, 0.1) is 6.92 Å². The molecule has 0 saturated carbocycles. The Bertz CT molecular complexity index is 1310. The summed E-state index contributed by atoms with van der Waals surface area (Å²) in [5.74, 6) is 0.353. The number of hydrogen-bond donors (Lipinski definition) is 0. The fraction of sp³-hybridized carbons (Fsp3) is 0.360. The van der Waals surface area contributed by atoms with E-state index in [0.717, 1.165) is 35.5 Å². The maximum Gasteiger partial charge on any atom is 0.257 e. The number of benzene rings is 2. The first-order valence-electron chi connectivity index (χ1n) is 11.5. The van der Waals surface area contributed by atoms with Crippen LogP contribution in [0.15, 0.2) is 52.7 Å². The van der Waals surface area contributed by atoms with Gasteiger partial charge < -0.3 is 9.64 Å². The van der Waals surface area contributed by atoms with Gasteiger partial charge in [0, 0.05) is 31.6 Å². The second-order valence-corrected chi connectivity index (χ2v) is 11.6. The van der Waals surface area contributed by atoms with Gasteiger partial charge in [-0.15, -0.1) is 11.3 Å². The average molecular weight is 498 g/mol. The Hall–Kier alpha value is -2.75. The number of ether oxygens (including phenoxy) is 1. The average Bonchev–Trinajstić information content (AvgIpc) is 3.50. The molecule has 9 heteroatoms. The van der Waals surface area contributed by atoms with Gasteiger partial charge in [-0.3, -0.25) is 4.79 Å². The van der Waals surface area contributed by atoms with Crippen molar-refractivity contribution in [3.63, 3.8) is 0 Å². The molecule has 1 saturated heterocycles. The van der Waals surface area contributed by atoms with Gasteiger partial charge in [0.1, 0.15) is 12.4 Å². The minimum absolute atomic E-state index is 0.153. The summed E-state index contributed by atoms with van der Waals surface area (Å²) in [7, 11) is -3.58. The molecule has 34 heavy (non-hydrogen) atoms. The van der Waals surface area contributed by atoms with Gasteiger partial charge in [0.05, 0.1) is 21.2 Å². The lowest BCUT2D eigenvalue weighted by molar-refractivity contribution is 0.0693. The topological polar surface area (TPSA) is 79.8 Å². The van der Waals surface area contributed by atoms with Crippen molar-refractivity contribution < 1.29 is 17.9 Å². The summed E-state index contributed by atoms with van der Waals surface area (Å²) in [5, 5.41) is 2.91. The SMILES string of the molecule is Cc1nc(COc2ccccc2C(=O)N2CCN(S(=O)(=O)c3ccc4c(c3)CCC4)CC2)cs1. The number of sulfonamides is 1. The molecule has 2 aliphatic rings. The predicted octanol–water partition coefficient (Wildman–Crippen LogP) is 3.67. The summed E-state index contributed by atoms with van der Waals surface area (Å²) < 4.78 is 33.8. The fourth-order valence-corrected chi connectivity index (χ4v) is 6.63. The normalized spacial score (nSPS) is 16.4. The second-order valence-electron chi connectivity index (χ2n) is 8.62. The summed E-state index contributed by atoms with van der Waals surface area (Å²) in [6, 6.07) is 12.7. The number of rotatable bonds is 6. The van der Waals surface area contributed by atoms with Gasteiger partial charge in [0.25, 0.3) is 5.91 Å². The lowest BCUT2D eigenvalue weighted by Crippen LogP contribution is -2.50. The summed E-state index contributed by atoms with van der Waals surface area (Å²) in [6.45, 7) is 3.45. The molecule has 1 aromatic heterocycles. The van der Waals surface area contributed by atoms with E-state index in [9.17, 15) is 13.2 Å². The van der Waals surface area contributed by atoms with E-state index < -0.39 is 10.0 Å². The van der Waals surface area contributed by atoms with Crippen LogP contribution >= 0.6 is 11.3 Å². The van der Waals surface area contributed by atoms with Crippen LogP contribution in [0.1, 0.15) is 38.6 Å². The molecule has 0 atom stereocenters. The number of para-hydroxylation sites is 1. The van der Waals surface area contributed by atoms with Gasteiger partial charge in [-0.05, 0) is 61.6 Å². The zero-order valence-corrected chi connectivity index (χ0v) is 20.7. The molecule has 1 amide bonds. The number of carbonyl (C=O) groups excluding carboxylic acids is 1. The molecule has 2 aromatic carbocycles. The number of fused-ring (bicyclic) bond motifs is 1. The highest BCUT2D eigenvalue weighted by Crippen LogP contribution is 2.27. The molecule has 5 rings (SSSR count). The van der Waals surface area contributed by atoms with E-state index in [4.69, 9.17) is 4.74 Å². The molecule has 0 radical (unpaired) electrons. The molecule has 0 unspecified atom stereocenters. The van der Waals surface area contributed by atoms with Crippen LogP contribution in [0.5, 0.6) is 5.75 Å². The molecule has 0 bridgehead atoms. The standard InChI is InChI=1S/C25H27N3O4S2/c1-18-26-21(17-33-18)16-32-24-8-3-2-7-23(24)25(29)27-11-13-28(14-12-27)34(30,31)22-10-9-19-5-4-6-20(19)15-22/h2-3,7-10,15,17H,4-6,11-14,16H2,1H3. The Morgan fingerprint density at radius 3 is 2.59 bits per heavy atom. The van der Waals surface area contributed by atoms with Gasteiger partial charge in [0.2, 0.25) is 10.0 Å². The fourth-order valence-electron chi connectivity index (χ4n) is 4.56. The van der Waals surface area contributed by atoms with Crippen molar-refractivity contribution in [2.45, 2.75) is 37.7 Å². The first kappa shape index (κ1) is 23.0. The van der Waals surface area contributed by atoms with Crippen LogP contribution in [-0.2, 0) is 29.5 Å². The quantitative estimate of drug-likeness (QED) is 0.519. The van der Waals surface area contributed by atoms with Crippen LogP contribution in [0.25, 0.3) is 0 Å². The number of aryl methyl sites for hydroxylation is 3. The van der Waals surface area contributed by atoms with Crippen molar-refractivity contribution in [1.29, 1.82) is 0 Å². The summed E-state index contributed by atoms with van der Waals surface area (Å²) in [5.41, 5.74) is 3.69. The number of piperazine rings is 1. The Balaban J connectivity index is 1.25. The van der Waals surface area contributed by atoms with E-state index in [2.05, 4.69) is 4.98 Å². The molecule has 1 fully saturated rings.